The van der Waals surface area contributed by atoms with Gasteiger partial charge in [0.05, 0.1) is 0 Å². The van der Waals surface area contributed by atoms with Gasteiger partial charge in [0.15, 0.2) is 0 Å². The Morgan fingerprint density at radius 3 is 2.25 bits per heavy atom. The van der Waals surface area contributed by atoms with Crippen LogP contribution < -0.4 is 5.73 Å². The lowest BCUT2D eigenvalue weighted by Crippen LogP contribution is -2.20. The number of rotatable bonds is 3. The van der Waals surface area contributed by atoms with Crippen molar-refractivity contribution in [3.8, 4) is 0 Å². The first kappa shape index (κ1) is 8.44. The van der Waals surface area contributed by atoms with Gasteiger partial charge in [0.2, 0.25) is 0 Å². The normalized spacial score (nSPS) is 18.0. The molecule has 0 aromatic carbocycles. The number of nitrogens with two attached hydrogens (primary N) is 1. The zero-order valence-corrected chi connectivity index (χ0v) is 7.11. The second-order valence-corrected chi connectivity index (χ2v) is 3.31. The van der Waals surface area contributed by atoms with E-state index in [0.717, 1.165) is 6.54 Å². The summed E-state index contributed by atoms with van der Waals surface area (Å²) in [6.45, 7) is 5.12. The van der Waals surface area contributed by atoms with E-state index >= 15 is 0 Å². The van der Waals surface area contributed by atoms with E-state index in [4.69, 9.17) is 5.73 Å². The standard InChI is InChI=1S/C6H14BrN/c1-3-5(2)6(7)4-8/h5-6H,3-4,8H2,1-2H3/t5?,6-/m1/s1. The first-order valence-electron chi connectivity index (χ1n) is 3.06. The Morgan fingerprint density at radius 1 is 1.62 bits per heavy atom. The molecule has 2 atom stereocenters. The summed E-state index contributed by atoms with van der Waals surface area (Å²) >= 11 is 3.48. The minimum atomic E-state index is 0.507. The largest absolute Gasteiger partial charge is 0.329 e. The summed E-state index contributed by atoms with van der Waals surface area (Å²) in [5, 5.41) is 0. The summed E-state index contributed by atoms with van der Waals surface area (Å²) in [6.07, 6.45) is 1.20. The van der Waals surface area contributed by atoms with Crippen molar-refractivity contribution >= 4 is 15.9 Å². The van der Waals surface area contributed by atoms with Gasteiger partial charge in [-0.25, -0.2) is 0 Å². The lowest BCUT2D eigenvalue weighted by atomic mass is 10.1. The van der Waals surface area contributed by atoms with E-state index in [0.29, 0.717) is 10.7 Å². The van der Waals surface area contributed by atoms with E-state index in [1.54, 1.807) is 0 Å². The fourth-order valence-corrected chi connectivity index (χ4v) is 0.862. The summed E-state index contributed by atoms with van der Waals surface area (Å²) in [7, 11) is 0. The lowest BCUT2D eigenvalue weighted by molar-refractivity contribution is 0.545. The van der Waals surface area contributed by atoms with E-state index in [2.05, 4.69) is 29.8 Å². The molecule has 0 aliphatic carbocycles. The van der Waals surface area contributed by atoms with Crippen molar-refractivity contribution in [2.75, 3.05) is 6.54 Å². The predicted octanol–water partition coefficient (Wildman–Crippen LogP) is 1.75. The molecule has 0 radical (unpaired) electrons. The molecule has 2 N–H and O–H groups in total. The molecule has 0 amide bonds. The van der Waals surface area contributed by atoms with Gasteiger partial charge in [-0.15, -0.1) is 0 Å². The number of hydrogen-bond donors (Lipinski definition) is 1. The third-order valence-corrected chi connectivity index (χ3v) is 2.76. The Morgan fingerprint density at radius 2 is 2.12 bits per heavy atom. The van der Waals surface area contributed by atoms with Crippen LogP contribution in [0.2, 0.25) is 0 Å². The highest BCUT2D eigenvalue weighted by atomic mass is 79.9. The third-order valence-electron chi connectivity index (χ3n) is 1.49. The maximum Gasteiger partial charge on any atom is 0.0293 e. The molecule has 1 unspecified atom stereocenters. The molecule has 8 heavy (non-hydrogen) atoms. The Bertz CT molecular complexity index is 48.5. The van der Waals surface area contributed by atoms with Crippen LogP contribution in [0.1, 0.15) is 20.3 Å². The van der Waals surface area contributed by atoms with Crippen LogP contribution in [0.4, 0.5) is 0 Å². The topological polar surface area (TPSA) is 26.0 Å². The molecule has 0 aromatic rings. The van der Waals surface area contributed by atoms with Gasteiger partial charge in [-0.05, 0) is 5.92 Å². The molecule has 0 heterocycles. The summed E-state index contributed by atoms with van der Waals surface area (Å²) in [5.41, 5.74) is 5.40. The highest BCUT2D eigenvalue weighted by Crippen LogP contribution is 2.13. The molecule has 2 heteroatoms. The van der Waals surface area contributed by atoms with Crippen LogP contribution in [0.3, 0.4) is 0 Å². The van der Waals surface area contributed by atoms with Crippen LogP contribution in [0.25, 0.3) is 0 Å². The fraction of sp³-hybridized carbons (Fsp3) is 1.00. The van der Waals surface area contributed by atoms with Crippen molar-refractivity contribution in [1.29, 1.82) is 0 Å². The van der Waals surface area contributed by atoms with Crippen LogP contribution in [0.15, 0.2) is 0 Å². The zero-order chi connectivity index (χ0) is 6.57. The first-order valence-corrected chi connectivity index (χ1v) is 3.98. The van der Waals surface area contributed by atoms with Crippen molar-refractivity contribution in [3.63, 3.8) is 0 Å². The van der Waals surface area contributed by atoms with Gasteiger partial charge in [-0.3, -0.25) is 0 Å². The average molecular weight is 180 g/mol. The minimum Gasteiger partial charge on any atom is -0.329 e. The van der Waals surface area contributed by atoms with Crippen molar-refractivity contribution in [3.05, 3.63) is 0 Å². The van der Waals surface area contributed by atoms with Crippen LogP contribution >= 0.6 is 15.9 Å². The van der Waals surface area contributed by atoms with Gasteiger partial charge in [0.25, 0.3) is 0 Å². The third kappa shape index (κ3) is 2.68. The Balaban J connectivity index is 3.29. The van der Waals surface area contributed by atoms with Crippen LogP contribution in [-0.2, 0) is 0 Å². The summed E-state index contributed by atoms with van der Waals surface area (Å²) in [6, 6.07) is 0. The monoisotopic (exact) mass is 179 g/mol. The molecule has 0 aliphatic heterocycles. The van der Waals surface area contributed by atoms with Gasteiger partial charge in [0.1, 0.15) is 0 Å². The molecule has 0 aliphatic rings. The van der Waals surface area contributed by atoms with Crippen LogP contribution in [0, 0.1) is 5.92 Å². The molecule has 0 bridgehead atoms. The van der Waals surface area contributed by atoms with Gasteiger partial charge >= 0.3 is 0 Å². The zero-order valence-electron chi connectivity index (χ0n) is 5.52. The average Bonchev–Trinajstić information content (AvgIpc) is 1.84. The highest BCUT2D eigenvalue weighted by molar-refractivity contribution is 9.09. The van der Waals surface area contributed by atoms with Gasteiger partial charge < -0.3 is 5.73 Å². The SMILES string of the molecule is CCC(C)[C@H](Br)CN. The molecule has 50 valence electrons. The number of alkyl halides is 1. The lowest BCUT2D eigenvalue weighted by Gasteiger charge is -2.12. The molecule has 1 nitrogen and oxygen atoms in total. The highest BCUT2D eigenvalue weighted by Gasteiger charge is 2.07. The van der Waals surface area contributed by atoms with E-state index in [1.165, 1.54) is 6.42 Å². The molecule has 0 saturated heterocycles. The van der Waals surface area contributed by atoms with Crippen LogP contribution in [-0.4, -0.2) is 11.4 Å². The van der Waals surface area contributed by atoms with Crippen molar-refractivity contribution in [2.45, 2.75) is 25.1 Å². The Hall–Kier alpha value is 0.440. The molecule has 0 spiro atoms. The molecule has 0 saturated carbocycles. The Labute approximate surface area is 59.8 Å². The van der Waals surface area contributed by atoms with Crippen LogP contribution in [0.5, 0.6) is 0 Å². The fourth-order valence-electron chi connectivity index (χ4n) is 0.488. The summed E-state index contributed by atoms with van der Waals surface area (Å²) in [5.74, 6) is 0.708. The number of halogens is 1. The van der Waals surface area contributed by atoms with Crippen molar-refractivity contribution in [1.82, 2.24) is 0 Å². The smallest absolute Gasteiger partial charge is 0.0293 e. The summed E-state index contributed by atoms with van der Waals surface area (Å²) in [4.78, 5) is 0.507. The van der Waals surface area contributed by atoms with E-state index in [9.17, 15) is 0 Å². The Kier molecular flexibility index (Phi) is 4.57. The minimum absolute atomic E-state index is 0.507. The van der Waals surface area contributed by atoms with E-state index < -0.39 is 0 Å². The van der Waals surface area contributed by atoms with Gasteiger partial charge in [-0.1, -0.05) is 36.2 Å². The maximum atomic E-state index is 5.40. The van der Waals surface area contributed by atoms with E-state index in [1.807, 2.05) is 0 Å². The molecular weight excluding hydrogens is 166 g/mol. The summed E-state index contributed by atoms with van der Waals surface area (Å²) < 4.78 is 0. The molecule has 0 fully saturated rings. The molecular formula is C6H14BrN. The van der Waals surface area contributed by atoms with Gasteiger partial charge in [-0.2, -0.15) is 0 Å². The van der Waals surface area contributed by atoms with Crippen molar-refractivity contribution in [2.24, 2.45) is 11.7 Å². The predicted molar refractivity (Wildman–Crippen MR) is 41.2 cm³/mol. The number of hydrogen-bond acceptors (Lipinski definition) is 1. The second kappa shape index (κ2) is 4.33. The van der Waals surface area contributed by atoms with Gasteiger partial charge in [0, 0.05) is 11.4 Å². The quantitative estimate of drug-likeness (QED) is 0.658. The maximum absolute atomic E-state index is 5.40. The second-order valence-electron chi connectivity index (χ2n) is 2.14. The molecule has 0 rings (SSSR count). The first-order chi connectivity index (χ1) is 3.72. The van der Waals surface area contributed by atoms with Crippen molar-refractivity contribution < 1.29 is 0 Å². The van der Waals surface area contributed by atoms with E-state index in [-0.39, 0.29) is 0 Å². The molecule has 0 aromatic heterocycles.